The fraction of sp³-hybridized carbons (Fsp3) is 0.409. The molecule has 0 aliphatic carbocycles. The van der Waals surface area contributed by atoms with E-state index in [0.717, 1.165) is 38.1 Å². The second kappa shape index (κ2) is 8.27. The first-order valence-electron chi connectivity index (χ1n) is 9.72. The van der Waals surface area contributed by atoms with Gasteiger partial charge in [0.25, 0.3) is 5.91 Å². The lowest BCUT2D eigenvalue weighted by molar-refractivity contribution is -0.133. The Hall–Kier alpha value is -2.47. The molecule has 0 aromatic heterocycles. The van der Waals surface area contributed by atoms with Gasteiger partial charge in [-0.25, -0.2) is 8.78 Å². The number of hydrogen-bond acceptors (Lipinski definition) is 3. The van der Waals surface area contributed by atoms with Crippen LogP contribution in [-0.2, 0) is 11.3 Å². The minimum Gasteiger partial charge on any atom is -0.481 e. The van der Waals surface area contributed by atoms with Crippen LogP contribution in [0.1, 0.15) is 18.4 Å². The molecule has 3 aliphatic heterocycles. The third-order valence-corrected chi connectivity index (χ3v) is 5.65. The number of benzene rings is 2. The van der Waals surface area contributed by atoms with Crippen molar-refractivity contribution in [1.82, 2.24) is 9.80 Å². The molecule has 28 heavy (non-hydrogen) atoms. The lowest BCUT2D eigenvalue weighted by Gasteiger charge is -2.36. The smallest absolute Gasteiger partial charge is 0.260 e. The summed E-state index contributed by atoms with van der Waals surface area (Å²) in [6.07, 6.45) is 2.20. The molecule has 3 saturated heterocycles. The maximum absolute atomic E-state index is 13.7. The molecule has 148 valence electrons. The number of fused-ring (bicyclic) bond motifs is 4. The Balaban J connectivity index is 1.37. The van der Waals surface area contributed by atoms with Crippen molar-refractivity contribution in [1.29, 1.82) is 0 Å². The van der Waals surface area contributed by atoms with Crippen LogP contribution >= 0.6 is 0 Å². The zero-order valence-corrected chi connectivity index (χ0v) is 15.7. The highest BCUT2D eigenvalue weighted by Crippen LogP contribution is 2.29. The summed E-state index contributed by atoms with van der Waals surface area (Å²) in [5.41, 5.74) is 1.28. The Morgan fingerprint density at radius 2 is 1.86 bits per heavy atom. The maximum atomic E-state index is 13.7. The van der Waals surface area contributed by atoms with Crippen LogP contribution in [0, 0.1) is 17.6 Å². The topological polar surface area (TPSA) is 32.8 Å². The first-order chi connectivity index (χ1) is 13.6. The van der Waals surface area contributed by atoms with Crippen LogP contribution in [0.2, 0.25) is 0 Å². The Kier molecular flexibility index (Phi) is 5.57. The van der Waals surface area contributed by atoms with E-state index in [2.05, 4.69) is 17.0 Å². The number of rotatable bonds is 5. The Labute approximate surface area is 163 Å². The van der Waals surface area contributed by atoms with E-state index in [9.17, 15) is 13.6 Å². The lowest BCUT2D eigenvalue weighted by Crippen LogP contribution is -2.44. The van der Waals surface area contributed by atoms with Crippen LogP contribution in [0.25, 0.3) is 0 Å². The highest BCUT2D eigenvalue weighted by molar-refractivity contribution is 5.78. The largest absolute Gasteiger partial charge is 0.481 e. The van der Waals surface area contributed by atoms with Crippen molar-refractivity contribution in [3.8, 4) is 5.75 Å². The third kappa shape index (κ3) is 4.33. The van der Waals surface area contributed by atoms with Crippen molar-refractivity contribution < 1.29 is 18.3 Å². The van der Waals surface area contributed by atoms with Gasteiger partial charge < -0.3 is 9.64 Å². The summed E-state index contributed by atoms with van der Waals surface area (Å²) in [6.45, 7) is 3.01. The van der Waals surface area contributed by atoms with E-state index in [1.54, 1.807) is 0 Å². The van der Waals surface area contributed by atoms with Gasteiger partial charge in [0, 0.05) is 38.3 Å². The maximum Gasteiger partial charge on any atom is 0.260 e. The fourth-order valence-corrected chi connectivity index (χ4v) is 4.22. The van der Waals surface area contributed by atoms with Gasteiger partial charge in [0.15, 0.2) is 18.2 Å². The Morgan fingerprint density at radius 3 is 2.64 bits per heavy atom. The first kappa shape index (κ1) is 18.9. The first-order valence-corrected chi connectivity index (χ1v) is 9.72. The minimum atomic E-state index is -0.794. The minimum absolute atomic E-state index is 0.0988. The number of piperidine rings is 1. The number of amides is 1. The molecule has 4 nitrogen and oxygen atoms in total. The van der Waals surface area contributed by atoms with E-state index >= 15 is 0 Å². The molecule has 0 spiro atoms. The zero-order chi connectivity index (χ0) is 19.5. The van der Waals surface area contributed by atoms with Crippen LogP contribution in [0.4, 0.5) is 8.78 Å². The van der Waals surface area contributed by atoms with E-state index in [-0.39, 0.29) is 18.3 Å². The predicted octanol–water partition coefficient (Wildman–Crippen LogP) is 3.47. The van der Waals surface area contributed by atoms with E-state index in [1.807, 2.05) is 23.1 Å². The lowest BCUT2D eigenvalue weighted by atomic mass is 9.94. The molecule has 1 amide bonds. The highest BCUT2D eigenvalue weighted by atomic mass is 19.1. The van der Waals surface area contributed by atoms with E-state index in [4.69, 9.17) is 4.74 Å². The number of carbonyl (C=O) groups is 1. The van der Waals surface area contributed by atoms with Crippen LogP contribution < -0.4 is 4.74 Å². The molecule has 2 atom stereocenters. The van der Waals surface area contributed by atoms with Crippen molar-refractivity contribution >= 4 is 5.91 Å². The quantitative estimate of drug-likeness (QED) is 0.789. The fourth-order valence-electron chi connectivity index (χ4n) is 4.22. The van der Waals surface area contributed by atoms with Crippen molar-refractivity contribution in [2.75, 3.05) is 26.2 Å². The van der Waals surface area contributed by atoms with Gasteiger partial charge in [0.1, 0.15) is 5.82 Å². The summed E-state index contributed by atoms with van der Waals surface area (Å²) < 4.78 is 32.0. The average Bonchev–Trinajstić information content (AvgIpc) is 3.00. The Bertz CT molecular complexity index is 831. The molecular formula is C22H24F2N2O2. The van der Waals surface area contributed by atoms with Crippen LogP contribution in [-0.4, -0.2) is 48.0 Å². The molecule has 0 radical (unpaired) electrons. The summed E-state index contributed by atoms with van der Waals surface area (Å²) in [4.78, 5) is 17.0. The Morgan fingerprint density at radius 1 is 1.04 bits per heavy atom. The van der Waals surface area contributed by atoms with Gasteiger partial charge >= 0.3 is 0 Å². The zero-order valence-electron chi connectivity index (χ0n) is 15.7. The molecule has 0 unspecified atom stereocenters. The molecule has 0 saturated carbocycles. The number of nitrogens with zero attached hydrogens (tertiary/aromatic N) is 2. The van der Waals surface area contributed by atoms with E-state index in [0.29, 0.717) is 25.0 Å². The molecule has 3 aliphatic rings. The van der Waals surface area contributed by atoms with Crippen molar-refractivity contribution in [3.05, 3.63) is 65.7 Å². The third-order valence-electron chi connectivity index (χ3n) is 5.65. The highest BCUT2D eigenvalue weighted by Gasteiger charge is 2.36. The van der Waals surface area contributed by atoms with Crippen LogP contribution in [0.5, 0.6) is 5.75 Å². The van der Waals surface area contributed by atoms with Crippen molar-refractivity contribution in [3.63, 3.8) is 0 Å². The van der Waals surface area contributed by atoms with Gasteiger partial charge in [-0.3, -0.25) is 9.69 Å². The van der Waals surface area contributed by atoms with E-state index in [1.165, 1.54) is 11.6 Å². The SMILES string of the molecule is O=C(COc1ccc(F)cc1F)N1C[C@H]2CC[C@@H](C1)N(Cc1ccccc1)C2. The van der Waals surface area contributed by atoms with Gasteiger partial charge in [0.05, 0.1) is 0 Å². The number of carbonyl (C=O) groups excluding carboxylic acids is 1. The number of ether oxygens (including phenoxy) is 1. The molecule has 0 N–H and O–H groups in total. The molecule has 6 heteroatoms. The summed E-state index contributed by atoms with van der Waals surface area (Å²) in [7, 11) is 0. The van der Waals surface area contributed by atoms with Crippen molar-refractivity contribution in [2.24, 2.45) is 5.92 Å². The summed E-state index contributed by atoms with van der Waals surface area (Å²) >= 11 is 0. The van der Waals surface area contributed by atoms with Crippen molar-refractivity contribution in [2.45, 2.75) is 25.4 Å². The summed E-state index contributed by atoms with van der Waals surface area (Å²) in [6, 6.07) is 13.8. The van der Waals surface area contributed by atoms with Gasteiger partial charge in [-0.15, -0.1) is 0 Å². The van der Waals surface area contributed by atoms with Gasteiger partial charge in [-0.05, 0) is 36.5 Å². The monoisotopic (exact) mass is 386 g/mol. The molecule has 2 aromatic rings. The second-order valence-electron chi connectivity index (χ2n) is 7.67. The average molecular weight is 386 g/mol. The normalized spacial score (nSPS) is 22.1. The summed E-state index contributed by atoms with van der Waals surface area (Å²) in [5.74, 6) is -1.27. The van der Waals surface area contributed by atoms with Gasteiger partial charge in [-0.1, -0.05) is 30.3 Å². The predicted molar refractivity (Wildman–Crippen MR) is 102 cm³/mol. The molecule has 2 bridgehead atoms. The van der Waals surface area contributed by atoms with Gasteiger partial charge in [0.2, 0.25) is 0 Å². The molecule has 3 heterocycles. The molecule has 3 fully saturated rings. The number of halogens is 2. The van der Waals surface area contributed by atoms with E-state index < -0.39 is 11.6 Å². The summed E-state index contributed by atoms with van der Waals surface area (Å²) in [5, 5.41) is 0. The second-order valence-corrected chi connectivity index (χ2v) is 7.67. The van der Waals surface area contributed by atoms with Crippen LogP contribution in [0.15, 0.2) is 48.5 Å². The van der Waals surface area contributed by atoms with Crippen LogP contribution in [0.3, 0.4) is 0 Å². The number of hydrogen-bond donors (Lipinski definition) is 0. The molecule has 5 rings (SSSR count). The standard InChI is InChI=1S/C22H24F2N2O2/c23-18-7-9-21(20(24)10-18)28-15-22(27)26-13-17-6-8-19(14-26)25(12-17)11-16-4-2-1-3-5-16/h1-5,7,9-10,17,19H,6,8,11-15H2/t17-,19-/m0/s1. The molecule has 2 aromatic carbocycles. The molecular weight excluding hydrogens is 362 g/mol. The van der Waals surface area contributed by atoms with Gasteiger partial charge in [-0.2, -0.15) is 0 Å².